The van der Waals surface area contributed by atoms with Crippen molar-refractivity contribution < 1.29 is 0 Å². The summed E-state index contributed by atoms with van der Waals surface area (Å²) < 4.78 is 0. The Morgan fingerprint density at radius 3 is 2.79 bits per heavy atom. The van der Waals surface area contributed by atoms with E-state index < -0.39 is 0 Å². The Morgan fingerprint density at radius 1 is 1.08 bits per heavy atom. The first-order valence-corrected chi connectivity index (χ1v) is 9.22. The fraction of sp³-hybridized carbons (Fsp3) is 0.364. The molecular formula is C22H26N2. The Kier molecular flexibility index (Phi) is 4.40. The van der Waals surface area contributed by atoms with Crippen LogP contribution in [0.5, 0.6) is 0 Å². The van der Waals surface area contributed by atoms with Crippen molar-refractivity contribution in [1.82, 2.24) is 10.3 Å². The van der Waals surface area contributed by atoms with Crippen molar-refractivity contribution in [2.24, 2.45) is 0 Å². The molecule has 0 saturated heterocycles. The highest BCUT2D eigenvalue weighted by atomic mass is 14.9. The van der Waals surface area contributed by atoms with E-state index in [0.29, 0.717) is 0 Å². The van der Waals surface area contributed by atoms with Gasteiger partial charge in [0.1, 0.15) is 0 Å². The molecule has 1 aliphatic carbocycles. The van der Waals surface area contributed by atoms with Gasteiger partial charge in [-0.1, -0.05) is 36.4 Å². The number of aromatic nitrogens is 1. The highest BCUT2D eigenvalue weighted by molar-refractivity contribution is 6.08. The molecule has 2 heteroatoms. The topological polar surface area (TPSA) is 27.8 Å². The summed E-state index contributed by atoms with van der Waals surface area (Å²) in [5.41, 5.74) is 5.42. The summed E-state index contributed by atoms with van der Waals surface area (Å²) in [6.45, 7) is 5.13. The Balaban J connectivity index is 1.58. The molecule has 1 saturated carbocycles. The number of benzene rings is 2. The van der Waals surface area contributed by atoms with Gasteiger partial charge in [-0.2, -0.15) is 0 Å². The van der Waals surface area contributed by atoms with E-state index in [2.05, 4.69) is 53.3 Å². The number of para-hydroxylation sites is 1. The van der Waals surface area contributed by atoms with Gasteiger partial charge in [-0.3, -0.25) is 0 Å². The first-order valence-electron chi connectivity index (χ1n) is 9.22. The molecule has 1 aromatic heterocycles. The maximum Gasteiger partial charge on any atom is 0.0503 e. The molecule has 0 atom stereocenters. The first kappa shape index (κ1) is 15.5. The lowest BCUT2D eigenvalue weighted by atomic mass is 9.96. The number of hydrogen-bond donors (Lipinski definition) is 2. The number of unbranched alkanes of at least 4 members (excludes halogenated alkanes) is 1. The molecule has 2 nitrogen and oxygen atoms in total. The third kappa shape index (κ3) is 3.11. The minimum atomic E-state index is 0.823. The third-order valence-electron chi connectivity index (χ3n) is 5.12. The van der Waals surface area contributed by atoms with Crippen LogP contribution in [0.15, 0.2) is 49.1 Å². The van der Waals surface area contributed by atoms with E-state index in [0.717, 1.165) is 25.4 Å². The van der Waals surface area contributed by atoms with E-state index in [1.807, 2.05) is 6.08 Å². The van der Waals surface area contributed by atoms with Crippen LogP contribution in [0.4, 0.5) is 0 Å². The zero-order chi connectivity index (χ0) is 16.4. The van der Waals surface area contributed by atoms with Gasteiger partial charge in [0, 0.05) is 22.3 Å². The average Bonchev–Trinajstić information content (AvgIpc) is 3.35. The number of fused-ring (bicyclic) bond motifs is 3. The molecule has 124 valence electrons. The van der Waals surface area contributed by atoms with E-state index >= 15 is 0 Å². The maximum absolute atomic E-state index is 3.97. The van der Waals surface area contributed by atoms with Gasteiger partial charge in [-0.15, -0.1) is 6.58 Å². The highest BCUT2D eigenvalue weighted by Crippen LogP contribution is 2.30. The van der Waals surface area contributed by atoms with Crippen LogP contribution in [-0.4, -0.2) is 17.6 Å². The number of hydrogen-bond acceptors (Lipinski definition) is 1. The van der Waals surface area contributed by atoms with Gasteiger partial charge in [0.25, 0.3) is 0 Å². The van der Waals surface area contributed by atoms with Gasteiger partial charge >= 0.3 is 0 Å². The lowest BCUT2D eigenvalue weighted by Crippen LogP contribution is -2.17. The molecule has 2 N–H and O–H groups in total. The largest absolute Gasteiger partial charge is 0.354 e. The van der Waals surface area contributed by atoms with Gasteiger partial charge in [0.15, 0.2) is 0 Å². The Labute approximate surface area is 144 Å². The van der Waals surface area contributed by atoms with Gasteiger partial charge in [-0.05, 0) is 62.3 Å². The molecule has 0 amide bonds. The average molecular weight is 318 g/mol. The number of H-pyrrole nitrogens is 1. The minimum absolute atomic E-state index is 0.823. The molecule has 1 fully saturated rings. The van der Waals surface area contributed by atoms with Crippen molar-refractivity contribution >= 4 is 21.8 Å². The maximum atomic E-state index is 3.97. The fourth-order valence-electron chi connectivity index (χ4n) is 3.67. The van der Waals surface area contributed by atoms with E-state index in [4.69, 9.17) is 0 Å². The molecule has 0 unspecified atom stereocenters. The molecule has 3 aromatic rings. The quantitative estimate of drug-likeness (QED) is 0.437. The number of nitrogens with one attached hydrogen (secondary N) is 2. The van der Waals surface area contributed by atoms with Crippen LogP contribution < -0.4 is 5.32 Å². The monoisotopic (exact) mass is 318 g/mol. The van der Waals surface area contributed by atoms with E-state index in [9.17, 15) is 0 Å². The summed E-state index contributed by atoms with van der Waals surface area (Å²) >= 11 is 0. The number of aromatic amines is 1. The summed E-state index contributed by atoms with van der Waals surface area (Å²) in [4.78, 5) is 3.64. The van der Waals surface area contributed by atoms with Gasteiger partial charge in [0.05, 0.1) is 5.52 Å². The summed E-state index contributed by atoms with van der Waals surface area (Å²) in [5, 5.41) is 6.26. The van der Waals surface area contributed by atoms with Crippen LogP contribution in [0.1, 0.15) is 36.8 Å². The molecule has 24 heavy (non-hydrogen) atoms. The number of allylic oxidation sites excluding steroid dienone is 1. The predicted molar refractivity (Wildman–Crippen MR) is 104 cm³/mol. The Bertz CT molecular complexity index is 855. The summed E-state index contributed by atoms with van der Waals surface area (Å²) in [5.74, 6) is 0. The van der Waals surface area contributed by atoms with Gasteiger partial charge in [-0.25, -0.2) is 0 Å². The lowest BCUT2D eigenvalue weighted by molar-refractivity contribution is 0.619. The fourth-order valence-corrected chi connectivity index (χ4v) is 3.67. The van der Waals surface area contributed by atoms with E-state index in [1.165, 1.54) is 58.6 Å². The summed E-state index contributed by atoms with van der Waals surface area (Å²) in [7, 11) is 0. The van der Waals surface area contributed by atoms with Crippen LogP contribution >= 0.6 is 0 Å². The smallest absolute Gasteiger partial charge is 0.0503 e. The zero-order valence-corrected chi connectivity index (χ0v) is 14.3. The normalized spacial score (nSPS) is 14.5. The third-order valence-corrected chi connectivity index (χ3v) is 5.12. The molecule has 4 rings (SSSR count). The van der Waals surface area contributed by atoms with Crippen LogP contribution in [-0.2, 0) is 12.8 Å². The van der Waals surface area contributed by atoms with Crippen molar-refractivity contribution in [1.29, 1.82) is 0 Å². The SMILES string of the molecule is C=CCc1c(CCCCNC2CC2)ccc2c1[nH]c1ccccc12. The first-order chi connectivity index (χ1) is 11.9. The highest BCUT2D eigenvalue weighted by Gasteiger charge is 2.19. The van der Waals surface area contributed by atoms with Crippen molar-refractivity contribution in [2.45, 2.75) is 44.6 Å². The molecule has 0 aliphatic heterocycles. The molecule has 1 aliphatic rings. The van der Waals surface area contributed by atoms with Crippen LogP contribution in [0.25, 0.3) is 21.8 Å². The minimum Gasteiger partial charge on any atom is -0.354 e. The van der Waals surface area contributed by atoms with Gasteiger partial charge < -0.3 is 10.3 Å². The second kappa shape index (κ2) is 6.82. The number of aryl methyl sites for hydroxylation is 1. The standard InChI is InChI=1S/C22H26N2/c1-2-7-18-16(8-5-6-15-23-17-12-13-17)11-14-20-19-9-3-4-10-21(19)24-22(18)20/h2-4,9-11,14,17,23-24H,1,5-8,12-13,15H2. The van der Waals surface area contributed by atoms with Crippen molar-refractivity contribution in [3.63, 3.8) is 0 Å². The predicted octanol–water partition coefficient (Wildman–Crippen LogP) is 5.12. The van der Waals surface area contributed by atoms with Crippen LogP contribution in [0.3, 0.4) is 0 Å². The van der Waals surface area contributed by atoms with Crippen molar-refractivity contribution in [2.75, 3.05) is 6.54 Å². The van der Waals surface area contributed by atoms with E-state index in [-0.39, 0.29) is 0 Å². The summed E-state index contributed by atoms with van der Waals surface area (Å²) in [6.07, 6.45) is 9.37. The summed E-state index contributed by atoms with van der Waals surface area (Å²) in [6, 6.07) is 14.0. The molecule has 0 spiro atoms. The van der Waals surface area contributed by atoms with Crippen molar-refractivity contribution in [3.8, 4) is 0 Å². The zero-order valence-electron chi connectivity index (χ0n) is 14.3. The molecular weight excluding hydrogens is 292 g/mol. The lowest BCUT2D eigenvalue weighted by Gasteiger charge is -2.10. The Morgan fingerprint density at radius 2 is 1.96 bits per heavy atom. The molecule has 1 heterocycles. The molecule has 0 bridgehead atoms. The van der Waals surface area contributed by atoms with Crippen molar-refractivity contribution in [3.05, 3.63) is 60.2 Å². The molecule has 2 aromatic carbocycles. The van der Waals surface area contributed by atoms with E-state index in [1.54, 1.807) is 0 Å². The van der Waals surface area contributed by atoms with Gasteiger partial charge in [0.2, 0.25) is 0 Å². The van der Waals surface area contributed by atoms with Crippen LogP contribution in [0.2, 0.25) is 0 Å². The Hall–Kier alpha value is -2.06. The molecule has 0 radical (unpaired) electrons. The number of rotatable bonds is 8. The second-order valence-electron chi connectivity index (χ2n) is 6.97. The van der Waals surface area contributed by atoms with Crippen LogP contribution in [0, 0.1) is 0 Å². The second-order valence-corrected chi connectivity index (χ2v) is 6.97.